The van der Waals surface area contributed by atoms with Crippen molar-refractivity contribution < 1.29 is 28.7 Å². The Labute approximate surface area is 250 Å². The predicted molar refractivity (Wildman–Crippen MR) is 161 cm³/mol. The molecule has 10 nitrogen and oxygen atoms in total. The highest BCUT2D eigenvalue weighted by Gasteiger charge is 2.37. The Morgan fingerprint density at radius 2 is 1.72 bits per heavy atom. The summed E-state index contributed by atoms with van der Waals surface area (Å²) in [7, 11) is 0. The Kier molecular flexibility index (Phi) is 6.86. The number of para-hydroxylation sites is 1. The fourth-order valence-electron chi connectivity index (χ4n) is 5.57. The Morgan fingerprint density at radius 3 is 2.60 bits per heavy atom. The monoisotopic (exact) mass is 594 g/mol. The van der Waals surface area contributed by atoms with E-state index in [4.69, 9.17) is 9.47 Å². The molecule has 1 aromatic heterocycles. The maximum absolute atomic E-state index is 13.3. The van der Waals surface area contributed by atoms with Crippen molar-refractivity contribution >= 4 is 57.4 Å². The van der Waals surface area contributed by atoms with E-state index in [1.54, 1.807) is 39.9 Å². The SMILES string of the molecule is O=C(Cn1cc(/C=C2\SC(=O)N(CC(=O)N3CCc4ccccc4C3)C2=O)c2ccccc21)Nc1ccc2c(c1)OCO2. The van der Waals surface area contributed by atoms with Crippen molar-refractivity contribution in [3.05, 3.63) is 94.5 Å². The predicted octanol–water partition coefficient (Wildman–Crippen LogP) is 4.63. The second kappa shape index (κ2) is 11.0. The first-order chi connectivity index (χ1) is 20.9. The van der Waals surface area contributed by atoms with Crippen LogP contribution in [0.25, 0.3) is 17.0 Å². The zero-order chi connectivity index (χ0) is 29.5. The van der Waals surface area contributed by atoms with E-state index in [9.17, 15) is 19.2 Å². The molecule has 1 N–H and O–H groups in total. The maximum Gasteiger partial charge on any atom is 0.294 e. The summed E-state index contributed by atoms with van der Waals surface area (Å²) in [6, 6.07) is 20.7. The average molecular weight is 595 g/mol. The Hall–Kier alpha value is -5.03. The molecule has 4 aromatic rings. The van der Waals surface area contributed by atoms with Gasteiger partial charge in [0.1, 0.15) is 13.1 Å². The summed E-state index contributed by atoms with van der Waals surface area (Å²) in [5.74, 6) is 0.195. The van der Waals surface area contributed by atoms with E-state index in [0.717, 1.165) is 39.5 Å². The summed E-state index contributed by atoms with van der Waals surface area (Å²) in [4.78, 5) is 55.1. The lowest BCUT2D eigenvalue weighted by Crippen LogP contribution is -2.44. The summed E-state index contributed by atoms with van der Waals surface area (Å²) in [5, 5.41) is 3.23. The van der Waals surface area contributed by atoms with Crippen molar-refractivity contribution in [2.75, 3.05) is 25.2 Å². The number of amides is 4. The minimum absolute atomic E-state index is 0.0255. The van der Waals surface area contributed by atoms with Crippen LogP contribution in [0.2, 0.25) is 0 Å². The molecule has 1 fully saturated rings. The van der Waals surface area contributed by atoms with Gasteiger partial charge in [-0.25, -0.2) is 0 Å². The van der Waals surface area contributed by atoms with Gasteiger partial charge in [-0.05, 0) is 53.6 Å². The van der Waals surface area contributed by atoms with Crippen LogP contribution in [-0.2, 0) is 33.9 Å². The molecule has 0 atom stereocenters. The third kappa shape index (κ3) is 5.23. The van der Waals surface area contributed by atoms with Gasteiger partial charge in [-0.1, -0.05) is 42.5 Å². The lowest BCUT2D eigenvalue weighted by Gasteiger charge is -2.29. The molecule has 0 radical (unpaired) electrons. The topological polar surface area (TPSA) is 110 Å². The largest absolute Gasteiger partial charge is 0.454 e. The fourth-order valence-corrected chi connectivity index (χ4v) is 6.40. The van der Waals surface area contributed by atoms with Crippen LogP contribution >= 0.6 is 11.8 Å². The summed E-state index contributed by atoms with van der Waals surface area (Å²) in [6.45, 7) is 0.879. The highest BCUT2D eigenvalue weighted by atomic mass is 32.2. The van der Waals surface area contributed by atoms with Gasteiger partial charge in [0, 0.05) is 47.5 Å². The normalized spacial score (nSPS) is 16.7. The third-order valence-corrected chi connectivity index (χ3v) is 8.63. The van der Waals surface area contributed by atoms with E-state index >= 15 is 0 Å². The van der Waals surface area contributed by atoms with E-state index in [-0.39, 0.29) is 36.6 Å². The van der Waals surface area contributed by atoms with E-state index in [0.29, 0.717) is 35.8 Å². The van der Waals surface area contributed by atoms with Crippen LogP contribution in [0.1, 0.15) is 16.7 Å². The number of anilines is 1. The first kappa shape index (κ1) is 26.8. The summed E-state index contributed by atoms with van der Waals surface area (Å²) in [5.41, 5.74) is 4.37. The Balaban J connectivity index is 1.07. The lowest BCUT2D eigenvalue weighted by molar-refractivity contribution is -0.136. The van der Waals surface area contributed by atoms with E-state index in [1.807, 2.05) is 42.5 Å². The van der Waals surface area contributed by atoms with Crippen LogP contribution in [0.5, 0.6) is 11.5 Å². The molecule has 3 aliphatic heterocycles. The van der Waals surface area contributed by atoms with Crippen LogP contribution < -0.4 is 14.8 Å². The number of benzene rings is 3. The number of imide groups is 1. The summed E-state index contributed by atoms with van der Waals surface area (Å²) in [6.07, 6.45) is 4.18. The van der Waals surface area contributed by atoms with Crippen molar-refractivity contribution in [3.8, 4) is 11.5 Å². The smallest absolute Gasteiger partial charge is 0.294 e. The number of nitrogens with one attached hydrogen (secondary N) is 1. The molecule has 0 aliphatic carbocycles. The molecule has 1 saturated heterocycles. The number of ether oxygens (including phenoxy) is 2. The van der Waals surface area contributed by atoms with Gasteiger partial charge < -0.3 is 24.3 Å². The Bertz CT molecular complexity index is 1850. The number of hydrogen-bond donors (Lipinski definition) is 1. The molecule has 7 rings (SSSR count). The molecule has 0 unspecified atom stereocenters. The van der Waals surface area contributed by atoms with Crippen LogP contribution in [0.4, 0.5) is 10.5 Å². The number of carbonyl (C=O) groups excluding carboxylic acids is 4. The van der Waals surface area contributed by atoms with Crippen molar-refractivity contribution in [3.63, 3.8) is 0 Å². The molecule has 4 amide bonds. The number of rotatable bonds is 6. The van der Waals surface area contributed by atoms with Crippen molar-refractivity contribution in [2.24, 2.45) is 0 Å². The maximum atomic E-state index is 13.3. The Morgan fingerprint density at radius 1 is 0.930 bits per heavy atom. The average Bonchev–Trinajstić information content (AvgIpc) is 3.69. The number of nitrogens with zero attached hydrogens (tertiary/aromatic N) is 3. The molecule has 4 heterocycles. The number of fused-ring (bicyclic) bond motifs is 3. The first-order valence-electron chi connectivity index (χ1n) is 13.8. The number of carbonyl (C=O) groups is 4. The molecule has 216 valence electrons. The van der Waals surface area contributed by atoms with Gasteiger partial charge in [0.05, 0.1) is 4.91 Å². The molecule has 43 heavy (non-hydrogen) atoms. The fraction of sp³-hybridized carbons (Fsp3) is 0.188. The molecule has 3 aromatic carbocycles. The first-order valence-corrected chi connectivity index (χ1v) is 14.6. The van der Waals surface area contributed by atoms with Crippen molar-refractivity contribution in [1.29, 1.82) is 0 Å². The number of aromatic nitrogens is 1. The van der Waals surface area contributed by atoms with E-state index < -0.39 is 11.1 Å². The molecule has 0 bridgehead atoms. The molecular weight excluding hydrogens is 568 g/mol. The summed E-state index contributed by atoms with van der Waals surface area (Å²) < 4.78 is 12.5. The zero-order valence-electron chi connectivity index (χ0n) is 22.9. The van der Waals surface area contributed by atoms with Gasteiger partial charge in [0.25, 0.3) is 11.1 Å². The van der Waals surface area contributed by atoms with E-state index in [1.165, 1.54) is 5.56 Å². The second-order valence-corrected chi connectivity index (χ2v) is 11.4. The van der Waals surface area contributed by atoms with Crippen LogP contribution in [-0.4, -0.2) is 57.2 Å². The molecule has 0 spiro atoms. The minimum atomic E-state index is -0.502. The van der Waals surface area contributed by atoms with Gasteiger partial charge in [0.2, 0.25) is 18.6 Å². The minimum Gasteiger partial charge on any atom is -0.454 e. The molecule has 3 aliphatic rings. The molecule has 11 heteroatoms. The van der Waals surface area contributed by atoms with Crippen molar-refractivity contribution in [2.45, 2.75) is 19.5 Å². The quantitative estimate of drug-likeness (QED) is 0.324. The van der Waals surface area contributed by atoms with Crippen LogP contribution in [0, 0.1) is 0 Å². The summed E-state index contributed by atoms with van der Waals surface area (Å²) >= 11 is 0.814. The van der Waals surface area contributed by atoms with Gasteiger partial charge >= 0.3 is 0 Å². The second-order valence-electron chi connectivity index (χ2n) is 10.4. The third-order valence-electron chi connectivity index (χ3n) is 7.73. The highest BCUT2D eigenvalue weighted by molar-refractivity contribution is 8.18. The van der Waals surface area contributed by atoms with E-state index in [2.05, 4.69) is 11.4 Å². The number of hydrogen-bond acceptors (Lipinski definition) is 7. The van der Waals surface area contributed by atoms with Crippen LogP contribution in [0.3, 0.4) is 0 Å². The van der Waals surface area contributed by atoms with Crippen LogP contribution in [0.15, 0.2) is 77.8 Å². The molecule has 0 saturated carbocycles. The van der Waals surface area contributed by atoms with Gasteiger partial charge in [-0.15, -0.1) is 0 Å². The molecular formula is C32H26N4O6S. The lowest BCUT2D eigenvalue weighted by atomic mass is 10.00. The zero-order valence-corrected chi connectivity index (χ0v) is 23.8. The number of thioether (sulfide) groups is 1. The highest BCUT2D eigenvalue weighted by Crippen LogP contribution is 2.35. The van der Waals surface area contributed by atoms with Gasteiger partial charge in [-0.3, -0.25) is 24.1 Å². The van der Waals surface area contributed by atoms with Crippen molar-refractivity contribution in [1.82, 2.24) is 14.4 Å². The van der Waals surface area contributed by atoms with Gasteiger partial charge in [0.15, 0.2) is 11.5 Å². The van der Waals surface area contributed by atoms with Gasteiger partial charge in [-0.2, -0.15) is 0 Å². The standard InChI is InChI=1S/C32H26N4O6S/c37-29(33-23-9-10-26-27(14-23)42-19-41-26)17-35-16-22(24-7-3-4-8-25(24)35)13-28-31(39)36(32(40)43-28)18-30(38)34-12-11-20-5-1-2-6-21(20)15-34/h1-10,13-14,16H,11-12,15,17-19H2,(H,33,37)/b28-13-.